The zero-order valence-corrected chi connectivity index (χ0v) is 10.5. The van der Waals surface area contributed by atoms with Crippen LogP contribution in [0.1, 0.15) is 0 Å². The number of phenolic OH excluding ortho intramolecular Hbond substituents is 1. The summed E-state index contributed by atoms with van der Waals surface area (Å²) < 4.78 is 53.9. The topological polar surface area (TPSA) is 20.2 Å². The molecule has 0 aromatic heterocycles. The molecule has 0 atom stereocenters. The molecule has 0 aliphatic rings. The van der Waals surface area contributed by atoms with Crippen LogP contribution in [-0.2, 0) is 0 Å². The molecule has 0 heterocycles. The third-order valence-electron chi connectivity index (χ3n) is 2.45. The molecule has 19 heavy (non-hydrogen) atoms. The Bertz CT molecular complexity index is 624. The van der Waals surface area contributed by atoms with Gasteiger partial charge in [-0.2, -0.15) is 8.78 Å². The third-order valence-corrected chi connectivity index (χ3v) is 3.08. The van der Waals surface area contributed by atoms with Gasteiger partial charge in [0, 0.05) is 5.56 Å². The maximum absolute atomic E-state index is 13.7. The monoisotopic (exact) mass is 310 g/mol. The average Bonchev–Trinajstić information content (AvgIpc) is 2.37. The summed E-state index contributed by atoms with van der Waals surface area (Å²) in [5.74, 6) is -9.10. The highest BCUT2D eigenvalue weighted by atomic mass is 35.5. The van der Waals surface area contributed by atoms with E-state index in [1.54, 1.807) is 0 Å². The summed E-state index contributed by atoms with van der Waals surface area (Å²) in [6, 6.07) is 3.91. The van der Waals surface area contributed by atoms with Crippen molar-refractivity contribution in [3.8, 4) is 16.9 Å². The van der Waals surface area contributed by atoms with Gasteiger partial charge in [0.2, 0.25) is 11.6 Å². The number of rotatable bonds is 1. The van der Waals surface area contributed by atoms with Crippen LogP contribution >= 0.6 is 23.2 Å². The van der Waals surface area contributed by atoms with Crippen molar-refractivity contribution in [3.05, 3.63) is 51.5 Å². The van der Waals surface area contributed by atoms with E-state index in [1.165, 1.54) is 18.2 Å². The van der Waals surface area contributed by atoms with Gasteiger partial charge in [0.15, 0.2) is 17.4 Å². The fraction of sp³-hybridized carbons (Fsp3) is 0. The molecule has 0 spiro atoms. The zero-order chi connectivity index (χ0) is 14.3. The Morgan fingerprint density at radius 1 is 0.737 bits per heavy atom. The molecule has 0 aliphatic heterocycles. The maximum atomic E-state index is 13.7. The molecule has 0 amide bonds. The van der Waals surface area contributed by atoms with Crippen LogP contribution in [0.4, 0.5) is 17.6 Å². The molecule has 7 heteroatoms. The molecule has 0 aliphatic carbocycles. The number of benzene rings is 2. The van der Waals surface area contributed by atoms with E-state index in [9.17, 15) is 17.6 Å². The van der Waals surface area contributed by atoms with Crippen LogP contribution in [0.3, 0.4) is 0 Å². The first kappa shape index (κ1) is 14.0. The van der Waals surface area contributed by atoms with Crippen LogP contribution in [0.15, 0.2) is 18.2 Å². The van der Waals surface area contributed by atoms with E-state index < -0.39 is 40.1 Å². The minimum absolute atomic E-state index is 0.185. The lowest BCUT2D eigenvalue weighted by Gasteiger charge is -2.11. The van der Waals surface area contributed by atoms with E-state index in [1.807, 2.05) is 0 Å². The Morgan fingerprint density at radius 2 is 1.16 bits per heavy atom. The van der Waals surface area contributed by atoms with Crippen LogP contribution in [0.2, 0.25) is 10.0 Å². The van der Waals surface area contributed by atoms with E-state index >= 15 is 0 Å². The first-order chi connectivity index (χ1) is 8.86. The molecular weight excluding hydrogens is 307 g/mol. The highest BCUT2D eigenvalue weighted by Gasteiger charge is 2.28. The molecule has 0 unspecified atom stereocenters. The van der Waals surface area contributed by atoms with Crippen molar-refractivity contribution in [3.63, 3.8) is 0 Å². The molecule has 1 nitrogen and oxygen atoms in total. The molecule has 2 rings (SSSR count). The summed E-state index contributed by atoms with van der Waals surface area (Å²) >= 11 is 11.5. The largest absolute Gasteiger partial charge is 0.503 e. The van der Waals surface area contributed by atoms with Gasteiger partial charge in [-0.3, -0.25) is 0 Å². The number of halogens is 6. The number of phenols is 1. The fourth-order valence-electron chi connectivity index (χ4n) is 1.58. The van der Waals surface area contributed by atoms with Crippen molar-refractivity contribution in [2.75, 3.05) is 0 Å². The first-order valence-corrected chi connectivity index (χ1v) is 5.61. The van der Waals surface area contributed by atoms with E-state index in [2.05, 4.69) is 0 Å². The van der Waals surface area contributed by atoms with Crippen molar-refractivity contribution in [1.82, 2.24) is 0 Å². The first-order valence-electron chi connectivity index (χ1n) is 4.85. The lowest BCUT2D eigenvalue weighted by molar-refractivity contribution is 0.358. The second-order valence-corrected chi connectivity index (χ2v) is 4.39. The van der Waals surface area contributed by atoms with Crippen molar-refractivity contribution in [2.45, 2.75) is 0 Å². The van der Waals surface area contributed by atoms with Gasteiger partial charge in [-0.15, -0.1) is 0 Å². The Hall–Kier alpha value is -1.46. The summed E-state index contributed by atoms with van der Waals surface area (Å²) in [5, 5.41) is 8.51. The van der Waals surface area contributed by atoms with Gasteiger partial charge in [0.25, 0.3) is 0 Å². The van der Waals surface area contributed by atoms with Crippen molar-refractivity contribution in [2.24, 2.45) is 0 Å². The fourth-order valence-corrected chi connectivity index (χ4v) is 2.16. The lowest BCUT2D eigenvalue weighted by Crippen LogP contribution is -2.00. The van der Waals surface area contributed by atoms with Crippen LogP contribution in [0, 0.1) is 23.3 Å². The van der Waals surface area contributed by atoms with E-state index in [0.29, 0.717) is 0 Å². The maximum Gasteiger partial charge on any atom is 0.204 e. The van der Waals surface area contributed by atoms with Gasteiger partial charge in [0.1, 0.15) is 0 Å². The molecule has 0 saturated carbocycles. The predicted molar refractivity (Wildman–Crippen MR) is 63.4 cm³/mol. The molecule has 2 aromatic carbocycles. The SMILES string of the molecule is Oc1c(F)c(F)c(-c2c(Cl)cccc2Cl)c(F)c1F. The van der Waals surface area contributed by atoms with E-state index in [-0.39, 0.29) is 10.0 Å². The molecule has 2 aromatic rings. The molecule has 0 bridgehead atoms. The Kier molecular flexibility index (Phi) is 3.60. The van der Waals surface area contributed by atoms with Gasteiger partial charge in [-0.25, -0.2) is 8.78 Å². The van der Waals surface area contributed by atoms with Gasteiger partial charge < -0.3 is 5.11 Å². The highest BCUT2D eigenvalue weighted by Crippen LogP contribution is 2.41. The Balaban J connectivity index is 2.92. The predicted octanol–water partition coefficient (Wildman–Crippen LogP) is 4.92. The van der Waals surface area contributed by atoms with Crippen LogP contribution < -0.4 is 0 Å². The van der Waals surface area contributed by atoms with E-state index in [0.717, 1.165) is 0 Å². The van der Waals surface area contributed by atoms with Crippen LogP contribution in [0.25, 0.3) is 11.1 Å². The highest BCUT2D eigenvalue weighted by molar-refractivity contribution is 6.39. The summed E-state index contributed by atoms with van der Waals surface area (Å²) in [6.07, 6.45) is 0. The van der Waals surface area contributed by atoms with Gasteiger partial charge >= 0.3 is 0 Å². The summed E-state index contributed by atoms with van der Waals surface area (Å²) in [5.41, 5.74) is -1.46. The molecular formula is C12H4Cl2F4O. The second kappa shape index (κ2) is 4.90. The number of hydrogen-bond acceptors (Lipinski definition) is 1. The summed E-state index contributed by atoms with van der Waals surface area (Å²) in [6.45, 7) is 0. The third kappa shape index (κ3) is 2.13. The Morgan fingerprint density at radius 3 is 1.58 bits per heavy atom. The van der Waals surface area contributed by atoms with Gasteiger partial charge in [-0.1, -0.05) is 29.3 Å². The molecule has 0 radical (unpaired) electrons. The van der Waals surface area contributed by atoms with Crippen molar-refractivity contribution in [1.29, 1.82) is 0 Å². The summed E-state index contributed by atoms with van der Waals surface area (Å²) in [4.78, 5) is 0. The standard InChI is InChI=1S/C12H4Cl2F4O/c13-4-2-1-3-5(14)6(4)7-8(15)10(17)12(19)11(18)9(7)16/h1-3,19H. The van der Waals surface area contributed by atoms with Gasteiger partial charge in [0.05, 0.1) is 15.6 Å². The molecule has 100 valence electrons. The molecule has 1 N–H and O–H groups in total. The van der Waals surface area contributed by atoms with Crippen LogP contribution in [0.5, 0.6) is 5.75 Å². The smallest absolute Gasteiger partial charge is 0.204 e. The van der Waals surface area contributed by atoms with E-state index in [4.69, 9.17) is 28.3 Å². The average molecular weight is 311 g/mol. The van der Waals surface area contributed by atoms with Crippen molar-refractivity contribution < 1.29 is 22.7 Å². The zero-order valence-electron chi connectivity index (χ0n) is 8.95. The minimum atomic E-state index is -1.91. The lowest BCUT2D eigenvalue weighted by atomic mass is 10.0. The normalized spacial score (nSPS) is 10.8. The van der Waals surface area contributed by atoms with Gasteiger partial charge in [-0.05, 0) is 12.1 Å². The number of aromatic hydroxyl groups is 1. The summed E-state index contributed by atoms with van der Waals surface area (Å²) in [7, 11) is 0. The van der Waals surface area contributed by atoms with Crippen molar-refractivity contribution >= 4 is 23.2 Å². The molecule has 0 fully saturated rings. The quantitative estimate of drug-likeness (QED) is 0.585. The number of hydrogen-bond donors (Lipinski definition) is 1. The molecule has 0 saturated heterocycles. The van der Waals surface area contributed by atoms with Crippen LogP contribution in [-0.4, -0.2) is 5.11 Å². The second-order valence-electron chi connectivity index (χ2n) is 3.58. The Labute approximate surface area is 115 Å². The minimum Gasteiger partial charge on any atom is -0.503 e.